The van der Waals surface area contributed by atoms with Gasteiger partial charge >= 0.3 is 0 Å². The van der Waals surface area contributed by atoms with E-state index in [1.165, 1.54) is 6.07 Å². The van der Waals surface area contributed by atoms with Crippen LogP contribution in [0.5, 0.6) is 5.75 Å². The van der Waals surface area contributed by atoms with Gasteiger partial charge in [0.25, 0.3) is 17.7 Å². The third-order valence-corrected chi connectivity index (χ3v) is 15.8. The van der Waals surface area contributed by atoms with Crippen LogP contribution in [0.3, 0.4) is 0 Å². The number of carbonyl (C=O) groups is 5. The second kappa shape index (κ2) is 15.7. The Labute approximate surface area is 382 Å². The fourth-order valence-corrected chi connectivity index (χ4v) is 12.8. The van der Waals surface area contributed by atoms with Crippen LogP contribution in [0.15, 0.2) is 42.5 Å². The molecule has 65 heavy (non-hydrogen) atoms. The van der Waals surface area contributed by atoms with E-state index >= 15 is 4.39 Å². The summed E-state index contributed by atoms with van der Waals surface area (Å²) in [5.74, 6) is 4.64. The lowest BCUT2D eigenvalue weighted by Gasteiger charge is -2.65. The largest absolute Gasteiger partial charge is 0.489 e. The number of rotatable bonds is 6. The molecule has 5 amide bonds. The normalized spacial score (nSPS) is 27.6. The van der Waals surface area contributed by atoms with Crippen LogP contribution in [-0.2, 0) is 16.1 Å². The number of hydrogen-bond donors (Lipinski definition) is 1. The number of aromatic nitrogens is 1. The van der Waals surface area contributed by atoms with Crippen LogP contribution in [0.25, 0.3) is 4.85 Å². The highest BCUT2D eigenvalue weighted by Crippen LogP contribution is 2.59. The van der Waals surface area contributed by atoms with Gasteiger partial charge in [-0.25, -0.2) is 14.2 Å². The van der Waals surface area contributed by atoms with Crippen molar-refractivity contribution in [2.24, 2.45) is 22.2 Å². The van der Waals surface area contributed by atoms with Crippen LogP contribution in [0.2, 0.25) is 5.02 Å². The SMILES string of the molecule is [C-]#[N+]c1ccc(OC2C(C)(C)C(N3Cc4nc(C#CC5CCC(N6CC7(CCN(c8cc9c(cc8F)C(=O)N(C8CCC(=O)NC8=O)C9=O)CC7)C6)CC5)ccc4C3=O)C2(C)C)cc1Cl. The van der Waals surface area contributed by atoms with Gasteiger partial charge in [-0.3, -0.25) is 39.1 Å². The lowest BCUT2D eigenvalue weighted by molar-refractivity contribution is -0.199. The molecule has 1 aromatic heterocycles. The average molecular weight is 900 g/mol. The summed E-state index contributed by atoms with van der Waals surface area (Å²) in [6.07, 6.45) is 5.83. The van der Waals surface area contributed by atoms with Crippen LogP contribution >= 0.6 is 11.6 Å². The molecule has 10 rings (SSSR count). The zero-order valence-corrected chi connectivity index (χ0v) is 37.8. The van der Waals surface area contributed by atoms with E-state index in [9.17, 15) is 24.0 Å². The Hall–Kier alpha value is -5.83. The van der Waals surface area contributed by atoms with Crippen LogP contribution in [-0.4, -0.2) is 99.6 Å². The minimum Gasteiger partial charge on any atom is -0.489 e. The molecular formula is C50H51ClFN7O6. The van der Waals surface area contributed by atoms with E-state index in [4.69, 9.17) is 27.9 Å². The van der Waals surface area contributed by atoms with E-state index in [2.05, 4.69) is 54.6 Å². The van der Waals surface area contributed by atoms with Gasteiger partial charge in [0, 0.05) is 61.4 Å². The number of imide groups is 2. The fraction of sp³-hybridized carbons (Fsp3) is 0.500. The first-order valence-corrected chi connectivity index (χ1v) is 23.1. The van der Waals surface area contributed by atoms with E-state index in [1.54, 1.807) is 18.2 Å². The number of fused-ring (bicyclic) bond motifs is 2. The molecule has 0 radical (unpaired) electrons. The predicted molar refractivity (Wildman–Crippen MR) is 239 cm³/mol. The molecule has 1 N–H and O–H groups in total. The third-order valence-electron chi connectivity index (χ3n) is 15.5. The molecule has 2 saturated carbocycles. The van der Waals surface area contributed by atoms with Gasteiger partial charge in [-0.2, -0.15) is 0 Å². The summed E-state index contributed by atoms with van der Waals surface area (Å²) in [7, 11) is 0. The highest BCUT2D eigenvalue weighted by atomic mass is 35.5. The highest BCUT2D eigenvalue weighted by molar-refractivity contribution is 6.33. The molecule has 2 aliphatic carbocycles. The number of hydrogen-bond acceptors (Lipinski definition) is 9. The van der Waals surface area contributed by atoms with E-state index < -0.39 is 35.5 Å². The lowest BCUT2D eigenvalue weighted by atomic mass is 9.49. The number of carbonyl (C=O) groups excluding carboxylic acids is 5. The molecule has 1 spiro atoms. The molecule has 2 aromatic carbocycles. The van der Waals surface area contributed by atoms with Crippen molar-refractivity contribution in [3.05, 3.63) is 92.8 Å². The molecule has 15 heteroatoms. The van der Waals surface area contributed by atoms with Gasteiger partial charge in [0.15, 0.2) is 0 Å². The number of benzene rings is 2. The van der Waals surface area contributed by atoms with Crippen molar-refractivity contribution >= 4 is 52.5 Å². The summed E-state index contributed by atoms with van der Waals surface area (Å²) in [4.78, 5) is 80.2. The average Bonchev–Trinajstić information content (AvgIpc) is 3.70. The zero-order valence-electron chi connectivity index (χ0n) is 37.0. The van der Waals surface area contributed by atoms with E-state index in [1.807, 2.05) is 21.9 Å². The minimum absolute atomic E-state index is 0.0203. The third kappa shape index (κ3) is 7.15. The number of halogens is 2. The van der Waals surface area contributed by atoms with Crippen LogP contribution in [0.1, 0.15) is 122 Å². The number of ether oxygens (including phenoxy) is 1. The second-order valence-corrected chi connectivity index (χ2v) is 20.8. The Bertz CT molecular complexity index is 2660. The van der Waals surface area contributed by atoms with Gasteiger partial charge in [0.1, 0.15) is 29.4 Å². The number of nitrogens with one attached hydrogen (secondary N) is 1. The van der Waals surface area contributed by atoms with E-state index in [0.717, 1.165) is 68.3 Å². The first kappa shape index (κ1) is 43.1. The molecule has 0 bridgehead atoms. The number of piperidine rings is 2. The Morgan fingerprint density at radius 3 is 2.23 bits per heavy atom. The molecule has 1 atom stereocenters. The maximum atomic E-state index is 15.6. The summed E-state index contributed by atoms with van der Waals surface area (Å²) in [5, 5.41) is 2.55. The molecule has 3 aromatic rings. The number of amides is 5. The van der Waals surface area contributed by atoms with Crippen molar-refractivity contribution < 1.29 is 33.1 Å². The second-order valence-electron chi connectivity index (χ2n) is 20.4. The first-order valence-electron chi connectivity index (χ1n) is 22.7. The molecule has 1 unspecified atom stereocenters. The topological polar surface area (TPSA) is 137 Å². The predicted octanol–water partition coefficient (Wildman–Crippen LogP) is 7.18. The van der Waals surface area contributed by atoms with Gasteiger partial charge in [-0.1, -0.05) is 51.3 Å². The molecule has 3 saturated heterocycles. The summed E-state index contributed by atoms with van der Waals surface area (Å²) in [6, 6.07) is 10.7. The molecule has 13 nitrogen and oxygen atoms in total. The van der Waals surface area contributed by atoms with Gasteiger partial charge in [-0.05, 0) is 92.7 Å². The molecule has 5 aliphatic heterocycles. The highest BCUT2D eigenvalue weighted by Gasteiger charge is 2.67. The van der Waals surface area contributed by atoms with Crippen molar-refractivity contribution in [1.29, 1.82) is 0 Å². The number of nitrogens with zero attached hydrogens (tertiary/aromatic N) is 6. The van der Waals surface area contributed by atoms with Crippen LogP contribution in [0.4, 0.5) is 15.8 Å². The van der Waals surface area contributed by atoms with Crippen molar-refractivity contribution in [2.45, 2.75) is 110 Å². The fourth-order valence-electron chi connectivity index (χ4n) is 12.6. The van der Waals surface area contributed by atoms with Gasteiger partial charge in [0.2, 0.25) is 17.5 Å². The monoisotopic (exact) mass is 899 g/mol. The van der Waals surface area contributed by atoms with Crippen LogP contribution < -0.4 is 15.0 Å². The first-order chi connectivity index (χ1) is 31.0. The molecule has 5 fully saturated rings. The van der Waals surface area contributed by atoms with Gasteiger partial charge in [0.05, 0.1) is 46.2 Å². The number of anilines is 1. The Morgan fingerprint density at radius 1 is 0.877 bits per heavy atom. The maximum Gasteiger partial charge on any atom is 0.262 e. The van der Waals surface area contributed by atoms with Crippen molar-refractivity contribution in [3.8, 4) is 17.6 Å². The van der Waals surface area contributed by atoms with Gasteiger partial charge < -0.3 is 14.5 Å². The summed E-state index contributed by atoms with van der Waals surface area (Å²) in [5.41, 5.74) is 2.20. The van der Waals surface area contributed by atoms with E-state index in [0.29, 0.717) is 59.1 Å². The number of pyridine rings is 1. The summed E-state index contributed by atoms with van der Waals surface area (Å²) >= 11 is 6.31. The van der Waals surface area contributed by atoms with Crippen molar-refractivity contribution in [1.82, 2.24) is 25.0 Å². The minimum atomic E-state index is -1.10. The smallest absolute Gasteiger partial charge is 0.262 e. The molecular weight excluding hydrogens is 849 g/mol. The summed E-state index contributed by atoms with van der Waals surface area (Å²) in [6.45, 7) is 19.5. The molecule has 336 valence electrons. The Kier molecular flexibility index (Phi) is 10.4. The number of likely N-dealkylation sites (tertiary alicyclic amines) is 1. The zero-order chi connectivity index (χ0) is 45.7. The Balaban J connectivity index is 0.704. The Morgan fingerprint density at radius 2 is 1.57 bits per heavy atom. The molecule has 6 heterocycles. The maximum absolute atomic E-state index is 15.6. The molecule has 7 aliphatic rings. The quantitative estimate of drug-likeness (QED) is 0.155. The van der Waals surface area contributed by atoms with Crippen molar-refractivity contribution in [2.75, 3.05) is 31.1 Å². The van der Waals surface area contributed by atoms with Gasteiger partial charge in [-0.15, -0.1) is 0 Å². The van der Waals surface area contributed by atoms with Crippen LogP contribution in [0, 0.1) is 46.4 Å². The lowest BCUT2D eigenvalue weighted by Crippen LogP contribution is -2.74. The van der Waals surface area contributed by atoms with Crippen molar-refractivity contribution in [3.63, 3.8) is 0 Å². The standard InChI is InChI=1S/C50H51ClFN7O6/c1-48(2)46(49(3,4)47(48)65-31-13-15-37(53-5)35(51)22-31)58-25-38-32(43(58)62)14-10-29(54-38)9-6-28-7-11-30(12-8-28)57-26-50(27-57)18-20-56(21-19-50)40-24-34-33(23-36(40)52)44(63)59(45(34)64)39-16-17-41(60)55-42(39)61/h10,13-15,22-24,28,30,39,46-47H,7-8,11-12,16-21,25-27H2,1-4H3,(H,55,60,61). The summed E-state index contributed by atoms with van der Waals surface area (Å²) < 4.78 is 22.0. The van der Waals surface area contributed by atoms with E-state index in [-0.39, 0.29) is 64.2 Å².